The highest BCUT2D eigenvalue weighted by Crippen LogP contribution is 2.22. The average Bonchev–Trinajstić information content (AvgIpc) is 2.36. The van der Waals surface area contributed by atoms with Gasteiger partial charge in [0.25, 0.3) is 0 Å². The Morgan fingerprint density at radius 2 is 1.89 bits per heavy atom. The summed E-state index contributed by atoms with van der Waals surface area (Å²) in [5.41, 5.74) is 1.65. The van der Waals surface area contributed by atoms with Crippen LogP contribution in [0.5, 0.6) is 0 Å². The van der Waals surface area contributed by atoms with Crippen molar-refractivity contribution in [3.63, 3.8) is 0 Å². The van der Waals surface area contributed by atoms with Gasteiger partial charge >= 0.3 is 0 Å². The Labute approximate surface area is 116 Å². The summed E-state index contributed by atoms with van der Waals surface area (Å²) in [5, 5.41) is 3.12. The fourth-order valence-corrected chi connectivity index (χ4v) is 2.01. The number of rotatable bonds is 7. The molecule has 0 aliphatic carbocycles. The summed E-state index contributed by atoms with van der Waals surface area (Å²) in [6, 6.07) is 5.65. The number of benzene rings is 1. The molecule has 1 rings (SSSR count). The maximum atomic E-state index is 14.1. The lowest BCUT2D eigenvalue weighted by molar-refractivity contribution is 0.401. The lowest BCUT2D eigenvalue weighted by atomic mass is 10.1. The Kier molecular flexibility index (Phi) is 6.25. The zero-order valence-electron chi connectivity index (χ0n) is 12.7. The molecule has 0 radical (unpaired) electrons. The first-order chi connectivity index (χ1) is 8.95. The molecule has 0 saturated carbocycles. The minimum atomic E-state index is -0.146. The molecule has 0 amide bonds. The van der Waals surface area contributed by atoms with Gasteiger partial charge in [-0.3, -0.25) is 0 Å². The van der Waals surface area contributed by atoms with Gasteiger partial charge in [0.05, 0.1) is 5.69 Å². The molecule has 1 aromatic rings. The first-order valence-electron chi connectivity index (χ1n) is 6.78. The van der Waals surface area contributed by atoms with E-state index in [9.17, 15) is 4.39 Å². The van der Waals surface area contributed by atoms with Crippen LogP contribution in [0.25, 0.3) is 0 Å². The van der Waals surface area contributed by atoms with Crippen molar-refractivity contribution in [1.82, 2.24) is 10.2 Å². The molecule has 0 aliphatic rings. The normalized spacial score (nSPS) is 12.8. The fourth-order valence-electron chi connectivity index (χ4n) is 2.01. The average molecular weight is 267 g/mol. The van der Waals surface area contributed by atoms with Crippen LogP contribution in [0.4, 0.5) is 10.1 Å². The van der Waals surface area contributed by atoms with Crippen LogP contribution in [-0.2, 0) is 0 Å². The number of hydrogen-bond donors (Lipinski definition) is 1. The van der Waals surface area contributed by atoms with Gasteiger partial charge in [-0.25, -0.2) is 4.39 Å². The fraction of sp³-hybridized carbons (Fsp3) is 0.600. The number of nitrogens with zero attached hydrogens (tertiary/aromatic N) is 2. The van der Waals surface area contributed by atoms with E-state index in [4.69, 9.17) is 0 Å². The Morgan fingerprint density at radius 3 is 2.42 bits per heavy atom. The van der Waals surface area contributed by atoms with E-state index in [0.29, 0.717) is 5.69 Å². The molecule has 1 unspecified atom stereocenters. The lowest BCUT2D eigenvalue weighted by Gasteiger charge is -2.22. The van der Waals surface area contributed by atoms with E-state index >= 15 is 0 Å². The van der Waals surface area contributed by atoms with E-state index in [-0.39, 0.29) is 11.9 Å². The SMILES string of the molecule is CNC(C)c1ccc(N(C)CCCN(C)C)c(F)c1. The van der Waals surface area contributed by atoms with Gasteiger partial charge in [0.15, 0.2) is 0 Å². The molecule has 4 heteroatoms. The predicted molar refractivity (Wildman–Crippen MR) is 80.3 cm³/mol. The highest BCUT2D eigenvalue weighted by Gasteiger charge is 2.10. The molecule has 0 bridgehead atoms. The first kappa shape index (κ1) is 15.9. The van der Waals surface area contributed by atoms with Crippen molar-refractivity contribution >= 4 is 5.69 Å². The monoisotopic (exact) mass is 267 g/mol. The highest BCUT2D eigenvalue weighted by molar-refractivity contribution is 5.48. The number of anilines is 1. The maximum Gasteiger partial charge on any atom is 0.146 e. The Hall–Kier alpha value is -1.13. The van der Waals surface area contributed by atoms with Crippen molar-refractivity contribution in [3.05, 3.63) is 29.6 Å². The summed E-state index contributed by atoms with van der Waals surface area (Å²) in [7, 11) is 7.92. The minimum Gasteiger partial charge on any atom is -0.372 e. The molecule has 0 saturated heterocycles. The summed E-state index contributed by atoms with van der Waals surface area (Å²) < 4.78 is 14.1. The predicted octanol–water partition coefficient (Wildman–Crippen LogP) is 2.49. The largest absolute Gasteiger partial charge is 0.372 e. The molecule has 0 aromatic heterocycles. The first-order valence-corrected chi connectivity index (χ1v) is 6.78. The Bertz CT molecular complexity index is 393. The molecule has 0 fully saturated rings. The molecule has 1 atom stereocenters. The van der Waals surface area contributed by atoms with Crippen molar-refractivity contribution in [3.8, 4) is 0 Å². The third kappa shape index (κ3) is 4.80. The summed E-state index contributed by atoms with van der Waals surface area (Å²) in [6.45, 7) is 3.89. The van der Waals surface area contributed by atoms with E-state index in [0.717, 1.165) is 25.1 Å². The second-order valence-electron chi connectivity index (χ2n) is 5.30. The standard InChI is InChI=1S/C15H26FN3/c1-12(17-2)13-7-8-15(14(16)11-13)19(5)10-6-9-18(3)4/h7-8,11-12,17H,6,9-10H2,1-5H3. The van der Waals surface area contributed by atoms with Crippen LogP contribution >= 0.6 is 0 Å². The summed E-state index contributed by atoms with van der Waals surface area (Å²) in [6.07, 6.45) is 1.03. The van der Waals surface area contributed by atoms with Gasteiger partial charge in [-0.15, -0.1) is 0 Å². The van der Waals surface area contributed by atoms with Crippen LogP contribution in [0.3, 0.4) is 0 Å². The van der Waals surface area contributed by atoms with Gasteiger partial charge < -0.3 is 15.1 Å². The van der Waals surface area contributed by atoms with Gasteiger partial charge in [-0.2, -0.15) is 0 Å². The van der Waals surface area contributed by atoms with Crippen molar-refractivity contribution < 1.29 is 4.39 Å². The zero-order valence-corrected chi connectivity index (χ0v) is 12.7. The third-order valence-electron chi connectivity index (χ3n) is 3.41. The molecule has 0 spiro atoms. The van der Waals surface area contributed by atoms with Crippen LogP contribution in [-0.4, -0.2) is 46.2 Å². The maximum absolute atomic E-state index is 14.1. The van der Waals surface area contributed by atoms with Crippen molar-refractivity contribution in [2.45, 2.75) is 19.4 Å². The number of halogens is 1. The van der Waals surface area contributed by atoms with E-state index in [1.165, 1.54) is 0 Å². The molecule has 108 valence electrons. The van der Waals surface area contributed by atoms with Crippen LogP contribution in [0.15, 0.2) is 18.2 Å². The van der Waals surface area contributed by atoms with Crippen molar-refractivity contribution in [2.24, 2.45) is 0 Å². The van der Waals surface area contributed by atoms with Gasteiger partial charge in [-0.1, -0.05) is 6.07 Å². The number of hydrogen-bond acceptors (Lipinski definition) is 3. The third-order valence-corrected chi connectivity index (χ3v) is 3.41. The topological polar surface area (TPSA) is 18.5 Å². The second-order valence-corrected chi connectivity index (χ2v) is 5.30. The summed E-state index contributed by atoms with van der Waals surface area (Å²) in [4.78, 5) is 4.12. The molecule has 0 heterocycles. The molecular weight excluding hydrogens is 241 g/mol. The Morgan fingerprint density at radius 1 is 1.21 bits per heavy atom. The molecular formula is C15H26FN3. The molecule has 19 heavy (non-hydrogen) atoms. The van der Waals surface area contributed by atoms with E-state index in [2.05, 4.69) is 24.3 Å². The van der Waals surface area contributed by atoms with Crippen LogP contribution in [0, 0.1) is 5.82 Å². The van der Waals surface area contributed by atoms with Crippen LogP contribution in [0.1, 0.15) is 24.9 Å². The Balaban J connectivity index is 2.67. The quantitative estimate of drug-likeness (QED) is 0.819. The minimum absolute atomic E-state index is 0.146. The van der Waals surface area contributed by atoms with E-state index < -0.39 is 0 Å². The van der Waals surface area contributed by atoms with Gasteiger partial charge in [0.1, 0.15) is 5.82 Å². The summed E-state index contributed by atoms with van der Waals surface area (Å²) in [5.74, 6) is -0.146. The van der Waals surface area contributed by atoms with Gasteiger partial charge in [0.2, 0.25) is 0 Å². The summed E-state index contributed by atoms with van der Waals surface area (Å²) >= 11 is 0. The highest BCUT2D eigenvalue weighted by atomic mass is 19.1. The van der Waals surface area contributed by atoms with Crippen molar-refractivity contribution in [1.29, 1.82) is 0 Å². The molecule has 1 aromatic carbocycles. The van der Waals surface area contributed by atoms with Crippen LogP contribution in [0.2, 0.25) is 0 Å². The smallest absolute Gasteiger partial charge is 0.146 e. The van der Waals surface area contributed by atoms with Gasteiger partial charge in [-0.05, 0) is 58.7 Å². The van der Waals surface area contributed by atoms with E-state index in [1.807, 2.05) is 38.1 Å². The zero-order chi connectivity index (χ0) is 14.4. The van der Waals surface area contributed by atoms with Crippen molar-refractivity contribution in [2.75, 3.05) is 46.2 Å². The molecule has 3 nitrogen and oxygen atoms in total. The molecule has 0 aliphatic heterocycles. The lowest BCUT2D eigenvalue weighted by Crippen LogP contribution is -2.24. The molecule has 1 N–H and O–H groups in total. The van der Waals surface area contributed by atoms with E-state index in [1.54, 1.807) is 6.07 Å². The van der Waals surface area contributed by atoms with Crippen LogP contribution < -0.4 is 10.2 Å². The van der Waals surface area contributed by atoms with Gasteiger partial charge in [0, 0.05) is 19.6 Å². The number of nitrogens with one attached hydrogen (secondary N) is 1. The second kappa shape index (κ2) is 7.46.